The summed E-state index contributed by atoms with van der Waals surface area (Å²) in [7, 11) is 0. The topological polar surface area (TPSA) is 0 Å². The van der Waals surface area contributed by atoms with Crippen LogP contribution in [0, 0.1) is 23.7 Å². The van der Waals surface area contributed by atoms with Gasteiger partial charge in [-0.05, 0) is 24.2 Å². The summed E-state index contributed by atoms with van der Waals surface area (Å²) in [5.74, 6) is 3.77. The molecule has 0 aliphatic heterocycles. The zero-order valence-electron chi connectivity index (χ0n) is 7.09. The molecule has 3 unspecified atom stereocenters. The summed E-state index contributed by atoms with van der Waals surface area (Å²) >= 11 is 0. The summed E-state index contributed by atoms with van der Waals surface area (Å²) in [6.07, 6.45) is 3.86. The van der Waals surface area contributed by atoms with Gasteiger partial charge in [0.1, 0.15) is 0 Å². The molecule has 0 heterocycles. The number of fused-ring (bicyclic) bond motifs is 1. The lowest BCUT2D eigenvalue weighted by Crippen LogP contribution is -2.15. The maximum Gasteiger partial charge on any atom is 0.00133 e. The van der Waals surface area contributed by atoms with Gasteiger partial charge >= 0.3 is 0 Å². The van der Waals surface area contributed by atoms with Crippen LogP contribution < -0.4 is 0 Å². The van der Waals surface area contributed by atoms with E-state index in [1.165, 1.54) is 6.42 Å². The molecular weight excluding hydrogens is 120 g/mol. The summed E-state index contributed by atoms with van der Waals surface area (Å²) < 4.78 is 0. The lowest BCUT2D eigenvalue weighted by Gasteiger charge is -2.21. The van der Waals surface area contributed by atoms with Gasteiger partial charge in [0.25, 0.3) is 0 Å². The molecule has 0 amide bonds. The highest BCUT2D eigenvalue weighted by Gasteiger charge is 2.44. The Labute approximate surface area is 63.3 Å². The van der Waals surface area contributed by atoms with E-state index in [2.05, 4.69) is 26.8 Å². The highest BCUT2D eigenvalue weighted by atomic mass is 14.5. The molecule has 0 aromatic rings. The van der Waals surface area contributed by atoms with Crippen LogP contribution in [0.1, 0.15) is 27.2 Å². The van der Waals surface area contributed by atoms with Crippen molar-refractivity contribution in [2.24, 2.45) is 23.7 Å². The van der Waals surface area contributed by atoms with Crippen LogP contribution in [-0.2, 0) is 0 Å². The lowest BCUT2D eigenvalue weighted by molar-refractivity contribution is 0.285. The maximum atomic E-state index is 2.46. The first-order chi connectivity index (χ1) is 4.70. The van der Waals surface area contributed by atoms with E-state index in [1.54, 1.807) is 5.57 Å². The van der Waals surface area contributed by atoms with Crippen LogP contribution in [0.5, 0.6) is 0 Å². The molecule has 3 atom stereocenters. The molecule has 1 saturated carbocycles. The standard InChI is InChI=1S/C10H16/c1-6(2)10-7(3)4-8-5-9(8)10/h5-7,9-10H,4H2,1-3H3. The van der Waals surface area contributed by atoms with Gasteiger partial charge in [-0.2, -0.15) is 0 Å². The van der Waals surface area contributed by atoms with Gasteiger partial charge in [0, 0.05) is 5.92 Å². The van der Waals surface area contributed by atoms with E-state index in [-0.39, 0.29) is 0 Å². The third-order valence-corrected chi connectivity index (χ3v) is 3.11. The molecule has 0 radical (unpaired) electrons. The molecule has 10 heavy (non-hydrogen) atoms. The molecule has 2 aliphatic rings. The number of allylic oxidation sites excluding steroid dienone is 2. The number of hydrogen-bond acceptors (Lipinski definition) is 0. The fraction of sp³-hybridized carbons (Fsp3) is 0.800. The van der Waals surface area contributed by atoms with Crippen molar-refractivity contribution in [2.45, 2.75) is 27.2 Å². The maximum absolute atomic E-state index is 2.46. The Kier molecular flexibility index (Phi) is 1.21. The second kappa shape index (κ2) is 1.87. The molecule has 0 aromatic heterocycles. The average molecular weight is 136 g/mol. The summed E-state index contributed by atoms with van der Waals surface area (Å²) in [4.78, 5) is 0. The Morgan fingerprint density at radius 3 is 2.50 bits per heavy atom. The summed E-state index contributed by atoms with van der Waals surface area (Å²) in [6.45, 7) is 7.12. The SMILES string of the molecule is CC(C)C1C(C)CC2=CC21. The van der Waals surface area contributed by atoms with Crippen molar-refractivity contribution >= 4 is 0 Å². The highest BCUT2D eigenvalue weighted by molar-refractivity contribution is 5.35. The van der Waals surface area contributed by atoms with E-state index in [9.17, 15) is 0 Å². The monoisotopic (exact) mass is 136 g/mol. The van der Waals surface area contributed by atoms with Crippen molar-refractivity contribution < 1.29 is 0 Å². The Bertz CT molecular complexity index is 176. The van der Waals surface area contributed by atoms with Crippen molar-refractivity contribution in [3.63, 3.8) is 0 Å². The zero-order valence-corrected chi connectivity index (χ0v) is 7.09. The van der Waals surface area contributed by atoms with Gasteiger partial charge in [-0.25, -0.2) is 0 Å². The molecule has 56 valence electrons. The van der Waals surface area contributed by atoms with Crippen LogP contribution >= 0.6 is 0 Å². The Hall–Kier alpha value is -0.260. The molecule has 1 fully saturated rings. The predicted molar refractivity (Wildman–Crippen MR) is 43.7 cm³/mol. The molecule has 0 bridgehead atoms. The molecule has 0 heteroatoms. The summed E-state index contributed by atoms with van der Waals surface area (Å²) in [5, 5.41) is 0. The normalized spacial score (nSPS) is 43.6. The van der Waals surface area contributed by atoms with E-state index in [1.807, 2.05) is 0 Å². The fourth-order valence-corrected chi connectivity index (χ4v) is 2.68. The van der Waals surface area contributed by atoms with E-state index in [0.717, 1.165) is 23.7 Å². The number of hydrogen-bond donors (Lipinski definition) is 0. The van der Waals surface area contributed by atoms with Crippen molar-refractivity contribution in [3.8, 4) is 0 Å². The minimum absolute atomic E-state index is 0.885. The lowest BCUT2D eigenvalue weighted by atomic mass is 9.84. The Morgan fingerprint density at radius 1 is 1.50 bits per heavy atom. The second-order valence-corrected chi connectivity index (χ2v) is 4.27. The summed E-state index contributed by atoms with van der Waals surface area (Å²) in [5.41, 5.74) is 1.76. The van der Waals surface area contributed by atoms with Crippen molar-refractivity contribution in [1.29, 1.82) is 0 Å². The fourth-order valence-electron chi connectivity index (χ4n) is 2.68. The van der Waals surface area contributed by atoms with Gasteiger partial charge in [-0.1, -0.05) is 32.4 Å². The van der Waals surface area contributed by atoms with Crippen LogP contribution in [0.4, 0.5) is 0 Å². The first-order valence-corrected chi connectivity index (χ1v) is 4.40. The van der Waals surface area contributed by atoms with E-state index in [4.69, 9.17) is 0 Å². The minimum atomic E-state index is 0.885. The largest absolute Gasteiger partial charge is 0.0772 e. The molecular formula is C10H16. The molecule has 0 saturated heterocycles. The van der Waals surface area contributed by atoms with Crippen LogP contribution in [0.15, 0.2) is 11.6 Å². The van der Waals surface area contributed by atoms with Gasteiger partial charge < -0.3 is 0 Å². The highest BCUT2D eigenvalue weighted by Crippen LogP contribution is 2.54. The molecule has 0 spiro atoms. The molecule has 2 aliphatic carbocycles. The third kappa shape index (κ3) is 0.744. The van der Waals surface area contributed by atoms with Gasteiger partial charge in [0.15, 0.2) is 0 Å². The molecule has 0 aromatic carbocycles. The number of rotatable bonds is 1. The zero-order chi connectivity index (χ0) is 7.30. The quantitative estimate of drug-likeness (QED) is 0.486. The van der Waals surface area contributed by atoms with Crippen LogP contribution in [0.25, 0.3) is 0 Å². The van der Waals surface area contributed by atoms with E-state index >= 15 is 0 Å². The van der Waals surface area contributed by atoms with Gasteiger partial charge in [0.2, 0.25) is 0 Å². The third-order valence-electron chi connectivity index (χ3n) is 3.11. The molecule has 2 rings (SSSR count). The van der Waals surface area contributed by atoms with E-state index < -0.39 is 0 Å². The molecule has 0 N–H and O–H groups in total. The summed E-state index contributed by atoms with van der Waals surface area (Å²) in [6, 6.07) is 0. The average Bonchev–Trinajstić information content (AvgIpc) is 2.42. The van der Waals surface area contributed by atoms with Crippen molar-refractivity contribution in [1.82, 2.24) is 0 Å². The molecule has 0 nitrogen and oxygen atoms in total. The van der Waals surface area contributed by atoms with Gasteiger partial charge in [-0.15, -0.1) is 0 Å². The van der Waals surface area contributed by atoms with Crippen LogP contribution in [0.3, 0.4) is 0 Å². The minimum Gasteiger partial charge on any atom is -0.0772 e. The van der Waals surface area contributed by atoms with E-state index in [0.29, 0.717) is 0 Å². The Balaban J connectivity index is 2.08. The van der Waals surface area contributed by atoms with Crippen molar-refractivity contribution in [3.05, 3.63) is 11.6 Å². The van der Waals surface area contributed by atoms with Gasteiger partial charge in [-0.3, -0.25) is 0 Å². The smallest absolute Gasteiger partial charge is 0.00133 e. The van der Waals surface area contributed by atoms with Gasteiger partial charge in [0.05, 0.1) is 0 Å². The predicted octanol–water partition coefficient (Wildman–Crippen LogP) is 2.85. The second-order valence-electron chi connectivity index (χ2n) is 4.27. The first-order valence-electron chi connectivity index (χ1n) is 4.40. The first kappa shape index (κ1) is 6.45. The van der Waals surface area contributed by atoms with Crippen molar-refractivity contribution in [2.75, 3.05) is 0 Å². The Morgan fingerprint density at radius 2 is 2.20 bits per heavy atom. The van der Waals surface area contributed by atoms with Crippen LogP contribution in [-0.4, -0.2) is 0 Å². The van der Waals surface area contributed by atoms with Crippen LogP contribution in [0.2, 0.25) is 0 Å².